The third-order valence-corrected chi connectivity index (χ3v) is 4.14. The van der Waals surface area contributed by atoms with Crippen LogP contribution in [-0.4, -0.2) is 25.0 Å². The number of ether oxygens (including phenoxy) is 1. The molecule has 23 heavy (non-hydrogen) atoms. The number of benzene rings is 2. The molecular weight excluding hydrogens is 312 g/mol. The Morgan fingerprint density at radius 3 is 2.74 bits per heavy atom. The van der Waals surface area contributed by atoms with Gasteiger partial charge in [0.15, 0.2) is 0 Å². The van der Waals surface area contributed by atoms with Crippen LogP contribution >= 0.6 is 11.6 Å². The Morgan fingerprint density at radius 1 is 1.26 bits per heavy atom. The summed E-state index contributed by atoms with van der Waals surface area (Å²) in [6.07, 6.45) is 1.43. The molecule has 0 aliphatic carbocycles. The quantitative estimate of drug-likeness (QED) is 0.534. The minimum absolute atomic E-state index is 0.568. The number of hydrogen-bond acceptors (Lipinski definition) is 2. The van der Waals surface area contributed by atoms with Crippen molar-refractivity contribution in [3.63, 3.8) is 0 Å². The first-order valence-electron chi connectivity index (χ1n) is 7.35. The fourth-order valence-electron chi connectivity index (χ4n) is 2.77. The molecule has 0 saturated heterocycles. The van der Waals surface area contributed by atoms with Crippen LogP contribution in [0.3, 0.4) is 0 Å². The molecule has 1 aromatic heterocycles. The van der Waals surface area contributed by atoms with Gasteiger partial charge in [0, 0.05) is 23.1 Å². The van der Waals surface area contributed by atoms with E-state index in [1.165, 1.54) is 0 Å². The molecule has 0 aliphatic rings. The largest absolute Gasteiger partial charge is 0.495 e. The summed E-state index contributed by atoms with van der Waals surface area (Å²) in [5.74, 6) is 0.641. The summed E-state index contributed by atoms with van der Waals surface area (Å²) in [7, 11) is 1.60. The van der Waals surface area contributed by atoms with E-state index in [1.54, 1.807) is 7.11 Å². The maximum atomic E-state index is 10.5. The van der Waals surface area contributed by atoms with Crippen LogP contribution in [0.15, 0.2) is 42.5 Å². The fraction of sp³-hybridized carbons (Fsp3) is 0.167. The van der Waals surface area contributed by atoms with Gasteiger partial charge in [-0.3, -0.25) is 4.79 Å². The topological polar surface area (TPSA) is 54.1 Å². The smallest absolute Gasteiger partial charge is 0.207 e. The molecule has 118 valence electrons. The average molecular weight is 329 g/mol. The van der Waals surface area contributed by atoms with Gasteiger partial charge in [0.1, 0.15) is 5.75 Å². The number of carbonyl (C=O) groups is 1. The second-order valence-corrected chi connectivity index (χ2v) is 5.61. The highest BCUT2D eigenvalue weighted by Crippen LogP contribution is 2.36. The number of rotatable bonds is 6. The zero-order valence-electron chi connectivity index (χ0n) is 12.7. The lowest BCUT2D eigenvalue weighted by molar-refractivity contribution is -0.109. The third kappa shape index (κ3) is 3.03. The summed E-state index contributed by atoms with van der Waals surface area (Å²) < 4.78 is 5.33. The number of aromatic amines is 1. The van der Waals surface area contributed by atoms with Gasteiger partial charge in [0.05, 0.1) is 12.1 Å². The Morgan fingerprint density at radius 2 is 2.04 bits per heavy atom. The Bertz CT molecular complexity index is 828. The third-order valence-electron chi connectivity index (χ3n) is 3.84. The standard InChI is InChI=1S/C18H17ClN2O2/c1-23-17-9-14-13(7-8-20-11-22)18(12-5-3-2-4-6-12)21-16(14)10-15(17)19/h2-6,9-11,21H,7-8H2,1H3,(H,20,22). The highest BCUT2D eigenvalue weighted by molar-refractivity contribution is 6.32. The first-order chi connectivity index (χ1) is 11.2. The molecule has 3 aromatic rings. The van der Waals surface area contributed by atoms with E-state index in [0.717, 1.165) is 27.7 Å². The van der Waals surface area contributed by atoms with Gasteiger partial charge in [0.2, 0.25) is 6.41 Å². The molecule has 4 nitrogen and oxygen atoms in total. The fourth-order valence-corrected chi connectivity index (χ4v) is 3.02. The van der Waals surface area contributed by atoms with Crippen molar-refractivity contribution in [2.45, 2.75) is 6.42 Å². The minimum atomic E-state index is 0.568. The molecule has 0 fully saturated rings. The van der Waals surface area contributed by atoms with Crippen molar-refractivity contribution in [2.24, 2.45) is 0 Å². The molecular formula is C18H17ClN2O2. The van der Waals surface area contributed by atoms with Crippen LogP contribution in [0.1, 0.15) is 5.56 Å². The number of fused-ring (bicyclic) bond motifs is 1. The van der Waals surface area contributed by atoms with Crippen LogP contribution in [0, 0.1) is 0 Å². The molecule has 1 amide bonds. The van der Waals surface area contributed by atoms with E-state index in [1.807, 2.05) is 30.3 Å². The highest BCUT2D eigenvalue weighted by atomic mass is 35.5. The van der Waals surface area contributed by atoms with E-state index in [4.69, 9.17) is 16.3 Å². The Kier molecular flexibility index (Phi) is 4.53. The van der Waals surface area contributed by atoms with Gasteiger partial charge in [-0.15, -0.1) is 0 Å². The van der Waals surface area contributed by atoms with Crippen molar-refractivity contribution in [3.05, 3.63) is 53.1 Å². The van der Waals surface area contributed by atoms with E-state index in [9.17, 15) is 4.79 Å². The van der Waals surface area contributed by atoms with E-state index < -0.39 is 0 Å². The molecule has 1 heterocycles. The first kappa shape index (κ1) is 15.4. The molecule has 0 atom stereocenters. The highest BCUT2D eigenvalue weighted by Gasteiger charge is 2.15. The van der Waals surface area contributed by atoms with Gasteiger partial charge >= 0.3 is 0 Å². The van der Waals surface area contributed by atoms with Gasteiger partial charge in [-0.1, -0.05) is 41.9 Å². The molecule has 0 saturated carbocycles. The summed E-state index contributed by atoms with van der Waals surface area (Å²) in [5.41, 5.74) is 4.23. The minimum Gasteiger partial charge on any atom is -0.495 e. The Hall–Kier alpha value is -2.46. The molecule has 2 N–H and O–H groups in total. The van der Waals surface area contributed by atoms with E-state index in [0.29, 0.717) is 30.1 Å². The molecule has 0 aliphatic heterocycles. The van der Waals surface area contributed by atoms with Gasteiger partial charge in [-0.2, -0.15) is 0 Å². The summed E-state index contributed by atoms with van der Waals surface area (Å²) in [4.78, 5) is 14.0. The van der Waals surface area contributed by atoms with Gasteiger partial charge in [0.25, 0.3) is 0 Å². The maximum absolute atomic E-state index is 10.5. The van der Waals surface area contributed by atoms with Crippen molar-refractivity contribution in [1.82, 2.24) is 10.3 Å². The average Bonchev–Trinajstić information content (AvgIpc) is 2.92. The van der Waals surface area contributed by atoms with Crippen molar-refractivity contribution in [1.29, 1.82) is 0 Å². The number of aromatic nitrogens is 1. The molecule has 0 spiro atoms. The van der Waals surface area contributed by atoms with Gasteiger partial charge in [-0.25, -0.2) is 0 Å². The van der Waals surface area contributed by atoms with Crippen LogP contribution in [-0.2, 0) is 11.2 Å². The summed E-state index contributed by atoms with van der Waals surface area (Å²) in [5, 5.41) is 4.34. The maximum Gasteiger partial charge on any atom is 0.207 e. The van der Waals surface area contributed by atoms with Crippen LogP contribution in [0.4, 0.5) is 0 Å². The zero-order valence-corrected chi connectivity index (χ0v) is 13.5. The summed E-state index contributed by atoms with van der Waals surface area (Å²) in [6, 6.07) is 13.9. The van der Waals surface area contributed by atoms with Gasteiger partial charge < -0.3 is 15.0 Å². The number of amides is 1. The van der Waals surface area contributed by atoms with Crippen LogP contribution < -0.4 is 10.1 Å². The second-order valence-electron chi connectivity index (χ2n) is 5.20. The molecule has 0 radical (unpaired) electrons. The Balaban J connectivity index is 2.17. The monoisotopic (exact) mass is 328 g/mol. The SMILES string of the molecule is COc1cc2c(CCNC=O)c(-c3ccccc3)[nH]c2cc1Cl. The van der Waals surface area contributed by atoms with E-state index >= 15 is 0 Å². The number of methoxy groups -OCH3 is 1. The lowest BCUT2D eigenvalue weighted by atomic mass is 10.0. The lowest BCUT2D eigenvalue weighted by Gasteiger charge is -2.06. The predicted octanol–water partition coefficient (Wildman–Crippen LogP) is 3.79. The number of H-pyrrole nitrogens is 1. The van der Waals surface area contributed by atoms with Crippen molar-refractivity contribution in [3.8, 4) is 17.0 Å². The number of nitrogens with one attached hydrogen (secondary N) is 2. The lowest BCUT2D eigenvalue weighted by Crippen LogP contribution is -2.14. The molecule has 2 aromatic carbocycles. The molecule has 3 rings (SSSR count). The molecule has 0 unspecified atom stereocenters. The normalized spacial score (nSPS) is 10.7. The van der Waals surface area contributed by atoms with Crippen molar-refractivity contribution < 1.29 is 9.53 Å². The second kappa shape index (κ2) is 6.75. The van der Waals surface area contributed by atoms with Crippen LogP contribution in [0.25, 0.3) is 22.2 Å². The predicted molar refractivity (Wildman–Crippen MR) is 93.1 cm³/mol. The molecule has 5 heteroatoms. The van der Waals surface area contributed by atoms with E-state index in [2.05, 4.69) is 22.4 Å². The number of halogens is 1. The van der Waals surface area contributed by atoms with Crippen LogP contribution in [0.5, 0.6) is 5.75 Å². The first-order valence-corrected chi connectivity index (χ1v) is 7.73. The number of carbonyl (C=O) groups excluding carboxylic acids is 1. The summed E-state index contributed by atoms with van der Waals surface area (Å²) in [6.45, 7) is 0.571. The van der Waals surface area contributed by atoms with Crippen molar-refractivity contribution >= 4 is 28.9 Å². The van der Waals surface area contributed by atoms with Gasteiger partial charge in [-0.05, 0) is 29.7 Å². The van der Waals surface area contributed by atoms with E-state index in [-0.39, 0.29) is 0 Å². The van der Waals surface area contributed by atoms with Crippen LogP contribution in [0.2, 0.25) is 5.02 Å². The van der Waals surface area contributed by atoms with Crippen molar-refractivity contribution in [2.75, 3.05) is 13.7 Å². The zero-order chi connectivity index (χ0) is 16.2. The Labute approximate surface area is 139 Å². The number of hydrogen-bond donors (Lipinski definition) is 2. The summed E-state index contributed by atoms with van der Waals surface area (Å²) >= 11 is 6.23. The molecule has 0 bridgehead atoms.